The third kappa shape index (κ3) is 7.35. The van der Waals surface area contributed by atoms with Crippen molar-refractivity contribution >= 4 is 28.9 Å². The number of hydrogen-bond acceptors (Lipinski definition) is 6. The zero-order valence-electron chi connectivity index (χ0n) is 20.0. The predicted molar refractivity (Wildman–Crippen MR) is 138 cm³/mol. The first-order chi connectivity index (χ1) is 18.0. The van der Waals surface area contributed by atoms with Gasteiger partial charge in [-0.05, 0) is 23.3 Å². The maximum Gasteiger partial charge on any atom is 0.408 e. The Hall–Kier alpha value is -4.79. The van der Waals surface area contributed by atoms with E-state index in [-0.39, 0.29) is 19.4 Å². The average molecular weight is 498 g/mol. The molecule has 0 saturated carbocycles. The van der Waals surface area contributed by atoms with Gasteiger partial charge in [-0.3, -0.25) is 14.6 Å². The maximum absolute atomic E-state index is 13.2. The number of carbonyl (C=O) groups excluding carboxylic acids is 3. The first kappa shape index (κ1) is 25.3. The Morgan fingerprint density at radius 3 is 2.05 bits per heavy atom. The van der Waals surface area contributed by atoms with Crippen LogP contribution in [-0.2, 0) is 33.8 Å². The highest BCUT2D eigenvalue weighted by molar-refractivity contribution is 5.91. The van der Waals surface area contributed by atoms with Gasteiger partial charge in [0.15, 0.2) is 0 Å². The second-order valence-electron chi connectivity index (χ2n) is 8.47. The highest BCUT2D eigenvalue weighted by Gasteiger charge is 2.27. The number of benzene rings is 3. The molecule has 0 radical (unpaired) electrons. The van der Waals surface area contributed by atoms with Crippen LogP contribution in [0.4, 0.5) is 4.79 Å². The zero-order valence-corrected chi connectivity index (χ0v) is 20.0. The summed E-state index contributed by atoms with van der Waals surface area (Å²) in [6.45, 7) is 0.0525. The van der Waals surface area contributed by atoms with E-state index < -0.39 is 30.0 Å². The number of hydrogen-bond donors (Lipinski definition) is 3. The summed E-state index contributed by atoms with van der Waals surface area (Å²) in [6.07, 6.45) is 1.03. The van der Waals surface area contributed by atoms with Crippen LogP contribution in [0.2, 0.25) is 0 Å². The largest absolute Gasteiger partial charge is 0.445 e. The Bertz CT molecular complexity index is 1360. The molecule has 0 fully saturated rings. The van der Waals surface area contributed by atoms with Crippen molar-refractivity contribution in [1.82, 2.24) is 20.6 Å². The van der Waals surface area contributed by atoms with Gasteiger partial charge in [0.2, 0.25) is 11.8 Å². The molecule has 0 aliphatic rings. The highest BCUT2D eigenvalue weighted by atomic mass is 16.5. The van der Waals surface area contributed by atoms with Crippen LogP contribution < -0.4 is 16.4 Å². The van der Waals surface area contributed by atoms with Crippen molar-refractivity contribution in [2.45, 2.75) is 31.5 Å². The van der Waals surface area contributed by atoms with E-state index in [9.17, 15) is 14.4 Å². The van der Waals surface area contributed by atoms with Gasteiger partial charge >= 0.3 is 6.09 Å². The average Bonchev–Trinajstić information content (AvgIpc) is 2.92. The van der Waals surface area contributed by atoms with Crippen molar-refractivity contribution in [3.05, 3.63) is 108 Å². The molecule has 3 aromatic carbocycles. The molecule has 9 heteroatoms. The molecular weight excluding hydrogens is 470 g/mol. The Balaban J connectivity index is 1.45. The van der Waals surface area contributed by atoms with Crippen LogP contribution in [0.5, 0.6) is 0 Å². The number of rotatable bonds is 10. The molecule has 0 saturated heterocycles. The van der Waals surface area contributed by atoms with Crippen LogP contribution >= 0.6 is 0 Å². The molecular formula is C28H27N5O4. The molecule has 2 atom stereocenters. The summed E-state index contributed by atoms with van der Waals surface area (Å²) >= 11 is 0. The molecule has 4 N–H and O–H groups in total. The van der Waals surface area contributed by atoms with Crippen LogP contribution in [0.3, 0.4) is 0 Å². The van der Waals surface area contributed by atoms with Crippen molar-refractivity contribution in [1.29, 1.82) is 0 Å². The molecule has 9 nitrogen and oxygen atoms in total. The Morgan fingerprint density at radius 2 is 1.38 bits per heavy atom. The lowest BCUT2D eigenvalue weighted by Gasteiger charge is -2.22. The van der Waals surface area contributed by atoms with Crippen LogP contribution in [0.15, 0.2) is 91.1 Å². The first-order valence-corrected chi connectivity index (χ1v) is 11.8. The minimum atomic E-state index is -1.05. The number of primary amides is 1. The number of para-hydroxylation sites is 2. The zero-order chi connectivity index (χ0) is 26.0. The van der Waals surface area contributed by atoms with Crippen molar-refractivity contribution in [2.24, 2.45) is 5.73 Å². The fourth-order valence-electron chi connectivity index (χ4n) is 3.76. The molecule has 0 bridgehead atoms. The van der Waals surface area contributed by atoms with E-state index in [2.05, 4.69) is 20.6 Å². The second-order valence-corrected chi connectivity index (χ2v) is 8.47. The van der Waals surface area contributed by atoms with Crippen molar-refractivity contribution in [3.8, 4) is 0 Å². The number of nitrogens with two attached hydrogens (primary N) is 1. The summed E-state index contributed by atoms with van der Waals surface area (Å²) in [5, 5.41) is 5.28. The van der Waals surface area contributed by atoms with Gasteiger partial charge in [-0.15, -0.1) is 0 Å². The third-order valence-corrected chi connectivity index (χ3v) is 5.68. The number of carbonyl (C=O) groups is 3. The molecule has 0 spiro atoms. The quantitative estimate of drug-likeness (QED) is 0.308. The van der Waals surface area contributed by atoms with Crippen molar-refractivity contribution in [2.75, 3.05) is 0 Å². The lowest BCUT2D eigenvalue weighted by Crippen LogP contribution is -2.54. The van der Waals surface area contributed by atoms with Crippen LogP contribution in [-0.4, -0.2) is 40.0 Å². The normalized spacial score (nSPS) is 12.3. The summed E-state index contributed by atoms with van der Waals surface area (Å²) in [6, 6.07) is 23.7. The lowest BCUT2D eigenvalue weighted by atomic mass is 10.0. The van der Waals surface area contributed by atoms with Crippen LogP contribution in [0.1, 0.15) is 16.8 Å². The Morgan fingerprint density at radius 1 is 0.757 bits per heavy atom. The van der Waals surface area contributed by atoms with E-state index in [4.69, 9.17) is 10.5 Å². The highest BCUT2D eigenvalue weighted by Crippen LogP contribution is 2.11. The number of amides is 3. The van der Waals surface area contributed by atoms with E-state index in [0.29, 0.717) is 16.7 Å². The topological polar surface area (TPSA) is 136 Å². The van der Waals surface area contributed by atoms with Gasteiger partial charge in [0.1, 0.15) is 18.7 Å². The number of nitrogens with one attached hydrogen (secondary N) is 2. The van der Waals surface area contributed by atoms with Gasteiger partial charge in [-0.25, -0.2) is 9.78 Å². The maximum atomic E-state index is 13.2. The number of ether oxygens (including phenoxy) is 1. The smallest absolute Gasteiger partial charge is 0.408 e. The molecule has 188 valence electrons. The van der Waals surface area contributed by atoms with E-state index in [1.54, 1.807) is 6.20 Å². The standard InChI is InChI=1S/C28H27N5O4/c29-26(34)24(16-21-17-30-22-13-7-8-14-23(22)31-21)32-27(35)25(15-19-9-3-1-4-10-19)33-28(36)37-18-20-11-5-2-6-12-20/h1-14,17,24-25H,15-16,18H2,(H2,29,34)(H,32,35)(H,33,36)/t24-,25-/m0/s1. The monoisotopic (exact) mass is 497 g/mol. The van der Waals surface area contributed by atoms with Crippen molar-refractivity contribution < 1.29 is 19.1 Å². The van der Waals surface area contributed by atoms with E-state index >= 15 is 0 Å². The molecule has 0 unspecified atom stereocenters. The van der Waals surface area contributed by atoms with Crippen LogP contribution in [0.25, 0.3) is 11.0 Å². The number of nitrogens with zero attached hydrogens (tertiary/aromatic N) is 2. The third-order valence-electron chi connectivity index (χ3n) is 5.68. The summed E-state index contributed by atoms with van der Waals surface area (Å²) in [4.78, 5) is 46.9. The minimum Gasteiger partial charge on any atom is -0.445 e. The van der Waals surface area contributed by atoms with Crippen molar-refractivity contribution in [3.63, 3.8) is 0 Å². The Labute approximate surface area is 214 Å². The molecule has 3 amide bonds. The van der Waals surface area contributed by atoms with Crippen LogP contribution in [0, 0.1) is 0 Å². The molecule has 1 aromatic heterocycles. The minimum absolute atomic E-state index is 0.0510. The number of fused-ring (bicyclic) bond motifs is 1. The summed E-state index contributed by atoms with van der Waals surface area (Å²) in [7, 11) is 0. The first-order valence-electron chi connectivity index (χ1n) is 11.8. The Kier molecular flexibility index (Phi) is 8.38. The molecule has 0 aliphatic carbocycles. The van der Waals surface area contributed by atoms with Gasteiger partial charge in [0.05, 0.1) is 16.7 Å². The molecule has 4 rings (SSSR count). The number of aromatic nitrogens is 2. The fourth-order valence-corrected chi connectivity index (χ4v) is 3.76. The van der Waals surface area contributed by atoms with E-state index in [1.807, 2.05) is 84.9 Å². The molecule has 37 heavy (non-hydrogen) atoms. The summed E-state index contributed by atoms with van der Waals surface area (Å²) in [5.41, 5.74) is 9.11. The molecule has 1 heterocycles. The van der Waals surface area contributed by atoms with Gasteiger partial charge in [0, 0.05) is 19.0 Å². The van der Waals surface area contributed by atoms with E-state index in [0.717, 1.165) is 11.1 Å². The predicted octanol–water partition coefficient (Wildman–Crippen LogP) is 2.68. The SMILES string of the molecule is NC(=O)[C@H](Cc1cnc2ccccc2n1)NC(=O)[C@H](Cc1ccccc1)NC(=O)OCc1ccccc1. The lowest BCUT2D eigenvalue weighted by molar-refractivity contribution is -0.128. The van der Waals surface area contributed by atoms with Gasteiger partial charge in [-0.2, -0.15) is 0 Å². The van der Waals surface area contributed by atoms with Gasteiger partial charge < -0.3 is 21.1 Å². The van der Waals surface area contributed by atoms with E-state index in [1.165, 1.54) is 0 Å². The van der Waals surface area contributed by atoms with Gasteiger partial charge in [0.25, 0.3) is 0 Å². The molecule has 4 aromatic rings. The molecule has 0 aliphatic heterocycles. The number of alkyl carbamates (subject to hydrolysis) is 1. The fraction of sp³-hybridized carbons (Fsp3) is 0.179. The van der Waals surface area contributed by atoms with Gasteiger partial charge in [-0.1, -0.05) is 72.8 Å². The second kappa shape index (κ2) is 12.3. The summed E-state index contributed by atoms with van der Waals surface area (Å²) < 4.78 is 5.30. The summed E-state index contributed by atoms with van der Waals surface area (Å²) in [5.74, 6) is -1.30.